The molecule has 0 aromatic carbocycles. The fourth-order valence-corrected chi connectivity index (χ4v) is 8.53. The Morgan fingerprint density at radius 2 is 2.16 bits per heavy atom. The van der Waals surface area contributed by atoms with Crippen LogP contribution in [0.25, 0.3) is 0 Å². The molecule has 2 heteroatoms. The lowest BCUT2D eigenvalue weighted by Gasteiger charge is -2.57. The highest BCUT2D eigenvalue weighted by Crippen LogP contribution is 2.83. The molecule has 25 heavy (non-hydrogen) atoms. The fraction of sp³-hybridized carbons (Fsp3) is 0.826. The predicted molar refractivity (Wildman–Crippen MR) is 99.8 cm³/mol. The first-order valence-electron chi connectivity index (χ1n) is 10.5. The molecule has 3 saturated carbocycles. The number of aliphatic hydroxyl groups excluding tert-OH is 1. The van der Waals surface area contributed by atoms with Crippen molar-refractivity contribution in [3.63, 3.8) is 0 Å². The van der Waals surface area contributed by atoms with Crippen LogP contribution in [0.3, 0.4) is 0 Å². The molecule has 8 atom stereocenters. The summed E-state index contributed by atoms with van der Waals surface area (Å²) < 4.78 is 5.56. The minimum Gasteiger partial charge on any atom is -0.501 e. The molecule has 0 aromatic heterocycles. The first-order valence-corrected chi connectivity index (χ1v) is 10.5. The minimum atomic E-state index is -0.137. The van der Waals surface area contributed by atoms with Crippen LogP contribution in [0.15, 0.2) is 23.0 Å². The van der Waals surface area contributed by atoms with Crippen molar-refractivity contribution in [1.29, 1.82) is 0 Å². The quantitative estimate of drug-likeness (QED) is 0.709. The highest BCUT2D eigenvalue weighted by atomic mass is 16.5. The van der Waals surface area contributed by atoms with E-state index < -0.39 is 0 Å². The number of rotatable bonds is 2. The Hall–Kier alpha value is -0.760. The van der Waals surface area contributed by atoms with E-state index >= 15 is 0 Å². The molecule has 1 N–H and O–H groups in total. The summed E-state index contributed by atoms with van der Waals surface area (Å²) in [5, 5.41) is 10.5. The highest BCUT2D eigenvalue weighted by Gasteiger charge is 2.77. The van der Waals surface area contributed by atoms with Crippen LogP contribution in [-0.4, -0.2) is 18.3 Å². The highest BCUT2D eigenvalue weighted by molar-refractivity contribution is 5.37. The van der Waals surface area contributed by atoms with Crippen molar-refractivity contribution in [2.45, 2.75) is 71.8 Å². The van der Waals surface area contributed by atoms with Crippen molar-refractivity contribution >= 4 is 0 Å². The topological polar surface area (TPSA) is 29.5 Å². The van der Waals surface area contributed by atoms with Crippen LogP contribution in [0, 0.1) is 40.4 Å². The molecule has 138 valence electrons. The summed E-state index contributed by atoms with van der Waals surface area (Å²) >= 11 is 0. The smallest absolute Gasteiger partial charge is 0.0959 e. The van der Waals surface area contributed by atoms with Crippen LogP contribution in [0.1, 0.15) is 65.7 Å². The molecule has 0 amide bonds. The lowest BCUT2D eigenvalue weighted by atomic mass is 9.48. The van der Waals surface area contributed by atoms with Gasteiger partial charge in [0.1, 0.15) is 0 Å². The van der Waals surface area contributed by atoms with Crippen molar-refractivity contribution in [2.75, 3.05) is 7.11 Å². The van der Waals surface area contributed by atoms with Gasteiger partial charge < -0.3 is 9.84 Å². The van der Waals surface area contributed by atoms with Gasteiger partial charge in [-0.1, -0.05) is 25.0 Å². The van der Waals surface area contributed by atoms with Crippen molar-refractivity contribution in [3.05, 3.63) is 23.0 Å². The molecule has 5 aliphatic carbocycles. The zero-order valence-corrected chi connectivity index (χ0v) is 16.3. The molecule has 0 unspecified atom stereocenters. The molecule has 0 aliphatic heterocycles. The van der Waals surface area contributed by atoms with Gasteiger partial charge in [-0.2, -0.15) is 0 Å². The number of hydrogen-bond donors (Lipinski definition) is 1. The van der Waals surface area contributed by atoms with Gasteiger partial charge in [0.15, 0.2) is 0 Å². The Balaban J connectivity index is 1.52. The molecule has 3 fully saturated rings. The SMILES string of the molecule is COC1=CCC2=C(C1)C[C@@H](C)[C@@H]1[C@@H]2CC[C@]2(C)[C@H]([C@H](C)O)C[C@H]3C[C@@]312. The van der Waals surface area contributed by atoms with E-state index in [1.807, 2.05) is 14.0 Å². The van der Waals surface area contributed by atoms with Gasteiger partial charge in [0.05, 0.1) is 19.0 Å². The molecular weight excluding hydrogens is 308 g/mol. The Kier molecular flexibility index (Phi) is 3.38. The van der Waals surface area contributed by atoms with Crippen molar-refractivity contribution in [2.24, 2.45) is 40.4 Å². The summed E-state index contributed by atoms with van der Waals surface area (Å²) in [4.78, 5) is 0. The van der Waals surface area contributed by atoms with E-state index in [0.717, 1.165) is 36.5 Å². The summed E-state index contributed by atoms with van der Waals surface area (Å²) in [6.07, 6.45) is 11.1. The normalized spacial score (nSPS) is 51.7. The first kappa shape index (κ1) is 16.4. The summed E-state index contributed by atoms with van der Waals surface area (Å²) in [5.74, 6) is 5.06. The second-order valence-electron chi connectivity index (χ2n) is 10.2. The molecule has 2 nitrogen and oxygen atoms in total. The van der Waals surface area contributed by atoms with Crippen LogP contribution in [0.2, 0.25) is 0 Å². The maximum Gasteiger partial charge on any atom is 0.0959 e. The number of allylic oxidation sites excluding steroid dienone is 3. The van der Waals surface area contributed by atoms with E-state index in [2.05, 4.69) is 19.9 Å². The standard InChI is InChI=1S/C23H34O2/c1-13-9-15-10-17(25-4)5-6-18(15)19-7-8-22(3)20(14(2)24)11-16-12-23(16,22)21(13)19/h5,13-14,16,19-21,24H,6-12H2,1-4H3/t13-,14+,16+,19-,20+,21-,22-,23-/m1/s1. The molecule has 5 rings (SSSR count). The average molecular weight is 343 g/mol. The maximum atomic E-state index is 10.5. The van der Waals surface area contributed by atoms with Crippen LogP contribution in [-0.2, 0) is 4.74 Å². The second-order valence-corrected chi connectivity index (χ2v) is 10.2. The third-order valence-electron chi connectivity index (χ3n) is 9.44. The van der Waals surface area contributed by atoms with Crippen molar-refractivity contribution < 1.29 is 9.84 Å². The van der Waals surface area contributed by atoms with Gasteiger partial charge in [-0.3, -0.25) is 0 Å². The zero-order chi connectivity index (χ0) is 17.6. The predicted octanol–water partition coefficient (Wildman–Crippen LogP) is 5.09. The molecule has 0 radical (unpaired) electrons. The van der Waals surface area contributed by atoms with E-state index in [1.54, 1.807) is 11.1 Å². The summed E-state index contributed by atoms with van der Waals surface area (Å²) in [5.41, 5.74) is 4.41. The number of fused-ring (bicyclic) bond motifs is 2. The van der Waals surface area contributed by atoms with Crippen molar-refractivity contribution in [3.8, 4) is 0 Å². The van der Waals surface area contributed by atoms with Gasteiger partial charge in [-0.25, -0.2) is 0 Å². The Labute approximate surface area is 152 Å². The van der Waals surface area contributed by atoms with Gasteiger partial charge in [-0.05, 0) is 91.9 Å². The largest absolute Gasteiger partial charge is 0.501 e. The lowest BCUT2D eigenvalue weighted by molar-refractivity contribution is -0.0729. The van der Waals surface area contributed by atoms with Crippen LogP contribution in [0.5, 0.6) is 0 Å². The fourth-order valence-electron chi connectivity index (χ4n) is 8.53. The minimum absolute atomic E-state index is 0.137. The molecule has 0 saturated heterocycles. The van der Waals surface area contributed by atoms with Gasteiger partial charge in [-0.15, -0.1) is 0 Å². The number of aliphatic hydroxyl groups is 1. The molecular formula is C23H34O2. The first-order chi connectivity index (χ1) is 11.9. The third kappa shape index (κ3) is 1.90. The zero-order valence-electron chi connectivity index (χ0n) is 16.3. The van der Waals surface area contributed by atoms with Crippen LogP contribution in [0.4, 0.5) is 0 Å². The third-order valence-corrected chi connectivity index (χ3v) is 9.44. The molecule has 0 bridgehead atoms. The summed E-state index contributed by atoms with van der Waals surface area (Å²) in [6.45, 7) is 7.12. The second kappa shape index (κ2) is 5.15. The Bertz CT molecular complexity index is 659. The maximum absolute atomic E-state index is 10.5. The van der Waals surface area contributed by atoms with E-state index in [0.29, 0.717) is 16.7 Å². The molecule has 0 heterocycles. The Morgan fingerprint density at radius 1 is 1.36 bits per heavy atom. The van der Waals surface area contributed by atoms with E-state index in [4.69, 9.17) is 4.74 Å². The monoisotopic (exact) mass is 342 g/mol. The number of hydrogen-bond acceptors (Lipinski definition) is 2. The van der Waals surface area contributed by atoms with E-state index in [9.17, 15) is 5.11 Å². The summed E-state index contributed by atoms with van der Waals surface area (Å²) in [7, 11) is 1.82. The van der Waals surface area contributed by atoms with Gasteiger partial charge >= 0.3 is 0 Å². The van der Waals surface area contributed by atoms with Gasteiger partial charge in [0.2, 0.25) is 0 Å². The van der Waals surface area contributed by atoms with Crippen LogP contribution >= 0.6 is 0 Å². The summed E-state index contributed by atoms with van der Waals surface area (Å²) in [6, 6.07) is 0. The van der Waals surface area contributed by atoms with Gasteiger partial charge in [0.25, 0.3) is 0 Å². The van der Waals surface area contributed by atoms with Gasteiger partial charge in [0, 0.05) is 6.42 Å². The Morgan fingerprint density at radius 3 is 2.88 bits per heavy atom. The van der Waals surface area contributed by atoms with Crippen LogP contribution < -0.4 is 0 Å². The van der Waals surface area contributed by atoms with E-state index in [1.165, 1.54) is 37.9 Å². The van der Waals surface area contributed by atoms with Crippen molar-refractivity contribution in [1.82, 2.24) is 0 Å². The van der Waals surface area contributed by atoms with E-state index in [-0.39, 0.29) is 6.10 Å². The lowest BCUT2D eigenvalue weighted by Crippen LogP contribution is -2.51. The number of ether oxygens (including phenoxy) is 1. The molecule has 1 spiro atoms. The molecule has 0 aromatic rings. The average Bonchev–Trinajstić information content (AvgIpc) is 3.23. The number of methoxy groups -OCH3 is 1. The molecule has 5 aliphatic rings.